The van der Waals surface area contributed by atoms with E-state index in [1.165, 1.54) is 12.7 Å². The summed E-state index contributed by atoms with van der Waals surface area (Å²) in [5.41, 5.74) is 6.12. The zero-order valence-electron chi connectivity index (χ0n) is 9.76. The van der Waals surface area contributed by atoms with Gasteiger partial charge in [0.1, 0.15) is 9.84 Å². The number of rotatable bonds is 5. The van der Waals surface area contributed by atoms with Gasteiger partial charge in [0, 0.05) is 24.0 Å². The maximum absolute atomic E-state index is 11.0. The maximum Gasteiger partial charge on any atom is 0.147 e. The van der Waals surface area contributed by atoms with Crippen LogP contribution in [0.25, 0.3) is 0 Å². The second-order valence-electron chi connectivity index (χ2n) is 5.21. The Morgan fingerprint density at radius 1 is 1.44 bits per heavy atom. The van der Waals surface area contributed by atoms with Gasteiger partial charge in [-0.1, -0.05) is 0 Å². The quantitative estimate of drug-likeness (QED) is 0.776. The van der Waals surface area contributed by atoms with Crippen molar-refractivity contribution in [2.24, 2.45) is 11.7 Å². The number of fused-ring (bicyclic) bond motifs is 2. The van der Waals surface area contributed by atoms with Gasteiger partial charge in [-0.3, -0.25) is 0 Å². The molecule has 4 atom stereocenters. The van der Waals surface area contributed by atoms with Crippen LogP contribution in [0, 0.1) is 5.92 Å². The van der Waals surface area contributed by atoms with E-state index in [1.54, 1.807) is 0 Å². The minimum absolute atomic E-state index is 0.108. The molecule has 0 saturated carbocycles. The fourth-order valence-corrected chi connectivity index (χ4v) is 3.61. The average molecular weight is 247 g/mol. The molecule has 2 fully saturated rings. The summed E-state index contributed by atoms with van der Waals surface area (Å²) in [6.07, 6.45) is 6.91. The molecule has 2 bridgehead atoms. The molecule has 2 aliphatic heterocycles. The molecule has 2 heterocycles. The maximum atomic E-state index is 11.0. The van der Waals surface area contributed by atoms with E-state index >= 15 is 0 Å². The lowest BCUT2D eigenvalue weighted by molar-refractivity contribution is 0.0879. The van der Waals surface area contributed by atoms with Gasteiger partial charge >= 0.3 is 0 Å². The van der Waals surface area contributed by atoms with Crippen molar-refractivity contribution in [1.82, 2.24) is 0 Å². The van der Waals surface area contributed by atoms with Crippen molar-refractivity contribution < 1.29 is 13.2 Å². The molecule has 4 nitrogen and oxygen atoms in total. The zero-order chi connectivity index (χ0) is 11.8. The molecule has 2 rings (SSSR count). The minimum atomic E-state index is -2.84. The van der Waals surface area contributed by atoms with Crippen LogP contribution in [0.4, 0.5) is 0 Å². The third-order valence-corrected chi connectivity index (χ3v) is 4.79. The standard InChI is InChI=1S/C11H21NO3S/c1-16(13,14)6-2-3-10(12)9-7-8-4-5-11(9)15-8/h8-11H,2-7,12H2,1H3. The Balaban J connectivity index is 1.74. The molecule has 94 valence electrons. The van der Waals surface area contributed by atoms with Crippen molar-refractivity contribution in [3.63, 3.8) is 0 Å². The first kappa shape index (κ1) is 12.3. The summed E-state index contributed by atoms with van der Waals surface area (Å²) in [4.78, 5) is 0. The highest BCUT2D eigenvalue weighted by atomic mass is 32.2. The molecule has 16 heavy (non-hydrogen) atoms. The number of ether oxygens (including phenoxy) is 1. The number of hydrogen-bond donors (Lipinski definition) is 1. The third kappa shape index (κ3) is 2.96. The summed E-state index contributed by atoms with van der Waals surface area (Å²) in [5.74, 6) is 0.709. The SMILES string of the molecule is CS(=O)(=O)CCCC(N)C1CC2CCC1O2. The van der Waals surface area contributed by atoms with E-state index in [0.717, 1.165) is 19.3 Å². The predicted octanol–water partition coefficient (Wildman–Crippen LogP) is 0.706. The van der Waals surface area contributed by atoms with Crippen LogP contribution in [0.15, 0.2) is 0 Å². The first-order valence-corrected chi connectivity index (χ1v) is 8.10. The molecule has 2 saturated heterocycles. The lowest BCUT2D eigenvalue weighted by Crippen LogP contribution is -2.36. The molecule has 0 aromatic carbocycles. The topological polar surface area (TPSA) is 69.4 Å². The highest BCUT2D eigenvalue weighted by Gasteiger charge is 2.42. The van der Waals surface area contributed by atoms with Gasteiger partial charge in [-0.25, -0.2) is 8.42 Å². The van der Waals surface area contributed by atoms with E-state index in [9.17, 15) is 8.42 Å². The van der Waals surface area contributed by atoms with Crippen molar-refractivity contribution in [3.8, 4) is 0 Å². The largest absolute Gasteiger partial charge is 0.375 e. The van der Waals surface area contributed by atoms with Crippen LogP contribution >= 0.6 is 0 Å². The van der Waals surface area contributed by atoms with Crippen LogP contribution in [-0.2, 0) is 14.6 Å². The summed E-state index contributed by atoms with van der Waals surface area (Å²) in [5, 5.41) is 0. The van der Waals surface area contributed by atoms with Crippen molar-refractivity contribution in [1.29, 1.82) is 0 Å². The molecule has 0 spiro atoms. The highest BCUT2D eigenvalue weighted by Crippen LogP contribution is 2.40. The fraction of sp³-hybridized carbons (Fsp3) is 1.00. The van der Waals surface area contributed by atoms with Crippen LogP contribution in [0.1, 0.15) is 32.1 Å². The van der Waals surface area contributed by atoms with E-state index in [1.807, 2.05) is 0 Å². The second-order valence-corrected chi connectivity index (χ2v) is 7.47. The molecular formula is C11H21NO3S. The van der Waals surface area contributed by atoms with E-state index in [0.29, 0.717) is 24.5 Å². The lowest BCUT2D eigenvalue weighted by atomic mass is 9.83. The van der Waals surface area contributed by atoms with Crippen LogP contribution in [0.2, 0.25) is 0 Å². The number of sulfone groups is 1. The van der Waals surface area contributed by atoms with Crippen LogP contribution in [-0.4, -0.2) is 38.7 Å². The smallest absolute Gasteiger partial charge is 0.147 e. The van der Waals surface area contributed by atoms with Crippen LogP contribution < -0.4 is 5.73 Å². The summed E-state index contributed by atoms with van der Waals surface area (Å²) in [6.45, 7) is 0. The summed E-state index contributed by atoms with van der Waals surface area (Å²) < 4.78 is 27.7. The molecule has 0 radical (unpaired) electrons. The highest BCUT2D eigenvalue weighted by molar-refractivity contribution is 7.90. The Hall–Kier alpha value is -0.130. The molecule has 0 aliphatic carbocycles. The molecule has 5 heteroatoms. The van der Waals surface area contributed by atoms with Gasteiger partial charge in [-0.05, 0) is 32.1 Å². The lowest BCUT2D eigenvalue weighted by Gasteiger charge is -2.25. The molecular weight excluding hydrogens is 226 g/mol. The van der Waals surface area contributed by atoms with Gasteiger partial charge < -0.3 is 10.5 Å². The Bertz CT molecular complexity index is 341. The summed E-state index contributed by atoms with van der Waals surface area (Å²) >= 11 is 0. The van der Waals surface area contributed by atoms with Crippen molar-refractivity contribution in [2.45, 2.75) is 50.4 Å². The van der Waals surface area contributed by atoms with Crippen LogP contribution in [0.5, 0.6) is 0 Å². The Labute approximate surface area is 97.5 Å². The van der Waals surface area contributed by atoms with Gasteiger partial charge in [-0.15, -0.1) is 0 Å². The fourth-order valence-electron chi connectivity index (χ4n) is 2.92. The van der Waals surface area contributed by atoms with Crippen molar-refractivity contribution in [2.75, 3.05) is 12.0 Å². The number of nitrogens with two attached hydrogens (primary N) is 1. The van der Waals surface area contributed by atoms with Crippen LogP contribution in [0.3, 0.4) is 0 Å². The summed E-state index contributed by atoms with van der Waals surface area (Å²) in [7, 11) is -2.84. The molecule has 0 aromatic rings. The molecule has 2 aliphatic rings. The Morgan fingerprint density at radius 2 is 2.19 bits per heavy atom. The minimum Gasteiger partial charge on any atom is -0.375 e. The normalized spacial score (nSPS) is 35.5. The monoisotopic (exact) mass is 247 g/mol. The third-order valence-electron chi connectivity index (χ3n) is 3.76. The Kier molecular flexibility index (Phi) is 3.56. The summed E-state index contributed by atoms with van der Waals surface area (Å²) in [6, 6.07) is 0.108. The van der Waals surface area contributed by atoms with Crippen molar-refractivity contribution in [3.05, 3.63) is 0 Å². The molecule has 0 aromatic heterocycles. The van der Waals surface area contributed by atoms with E-state index < -0.39 is 9.84 Å². The predicted molar refractivity (Wildman–Crippen MR) is 62.9 cm³/mol. The molecule has 2 N–H and O–H groups in total. The average Bonchev–Trinajstić information content (AvgIpc) is 2.76. The first-order chi connectivity index (χ1) is 7.46. The van der Waals surface area contributed by atoms with E-state index in [4.69, 9.17) is 10.5 Å². The molecule has 0 amide bonds. The Morgan fingerprint density at radius 3 is 2.69 bits per heavy atom. The first-order valence-electron chi connectivity index (χ1n) is 6.04. The van der Waals surface area contributed by atoms with Gasteiger partial charge in [0.25, 0.3) is 0 Å². The van der Waals surface area contributed by atoms with Gasteiger partial charge in [0.2, 0.25) is 0 Å². The van der Waals surface area contributed by atoms with Gasteiger partial charge in [0.15, 0.2) is 0 Å². The van der Waals surface area contributed by atoms with Gasteiger partial charge in [-0.2, -0.15) is 0 Å². The zero-order valence-corrected chi connectivity index (χ0v) is 10.6. The van der Waals surface area contributed by atoms with Gasteiger partial charge in [0.05, 0.1) is 12.2 Å². The van der Waals surface area contributed by atoms with E-state index in [2.05, 4.69) is 0 Å². The van der Waals surface area contributed by atoms with E-state index in [-0.39, 0.29) is 11.8 Å². The molecule has 4 unspecified atom stereocenters. The van der Waals surface area contributed by atoms with Crippen molar-refractivity contribution >= 4 is 9.84 Å². The number of hydrogen-bond acceptors (Lipinski definition) is 4. The second kappa shape index (κ2) is 4.63.